The minimum atomic E-state index is -0.737. The van der Waals surface area contributed by atoms with Gasteiger partial charge in [0.05, 0.1) is 0 Å². The first-order valence-corrected chi connectivity index (χ1v) is 9.03. The topological polar surface area (TPSA) is 60.9 Å². The number of hydrogen-bond donors (Lipinski definition) is 1. The molecule has 0 radical (unpaired) electrons. The molecule has 0 unspecified atom stereocenters. The van der Waals surface area contributed by atoms with Crippen LogP contribution in [0.3, 0.4) is 0 Å². The van der Waals surface area contributed by atoms with Crippen molar-refractivity contribution in [1.29, 1.82) is 0 Å². The highest BCUT2D eigenvalue weighted by Crippen LogP contribution is 2.07. The van der Waals surface area contributed by atoms with Crippen molar-refractivity contribution >= 4 is 24.3 Å². The van der Waals surface area contributed by atoms with E-state index in [-0.39, 0.29) is 24.7 Å². The van der Waals surface area contributed by atoms with Gasteiger partial charge >= 0.3 is 5.97 Å². The lowest BCUT2D eigenvalue weighted by molar-refractivity contribution is -0.137. The van der Waals surface area contributed by atoms with E-state index in [1.165, 1.54) is 32.1 Å². The highest BCUT2D eigenvalue weighted by atomic mass is 35.5. The van der Waals surface area contributed by atoms with Crippen LogP contribution in [0.15, 0.2) is 12.2 Å². The van der Waals surface area contributed by atoms with Crippen LogP contribution in [0.5, 0.6) is 0 Å². The minimum absolute atomic E-state index is 0. The van der Waals surface area contributed by atoms with E-state index in [1.807, 2.05) is 11.0 Å². The molecule has 24 heavy (non-hydrogen) atoms. The van der Waals surface area contributed by atoms with Crippen LogP contribution in [0.4, 0.5) is 0 Å². The maximum absolute atomic E-state index is 12.1. The first-order chi connectivity index (χ1) is 11.1. The van der Waals surface area contributed by atoms with Gasteiger partial charge in [-0.15, -0.1) is 12.4 Å². The highest BCUT2D eigenvalue weighted by Gasteiger charge is 2.19. The molecule has 1 aliphatic rings. The van der Waals surface area contributed by atoms with Gasteiger partial charge in [0.1, 0.15) is 0 Å². The highest BCUT2D eigenvalue weighted by molar-refractivity contribution is 5.87. The number of nitrogens with zero attached hydrogens (tertiary/aromatic N) is 2. The molecular formula is C18H33ClN2O3. The Morgan fingerprint density at radius 2 is 1.67 bits per heavy atom. The van der Waals surface area contributed by atoms with Crippen molar-refractivity contribution in [2.75, 3.05) is 32.7 Å². The lowest BCUT2D eigenvalue weighted by Gasteiger charge is -2.34. The Morgan fingerprint density at radius 3 is 2.29 bits per heavy atom. The second-order valence-corrected chi connectivity index (χ2v) is 6.27. The molecule has 0 aromatic heterocycles. The SMILES string of the molecule is CCCCCCC/C=C/C(=O)N1CCN(CCCC(=O)O)CC1.Cl. The number of carbonyl (C=O) groups excluding carboxylic acids is 1. The summed E-state index contributed by atoms with van der Waals surface area (Å²) < 4.78 is 0. The van der Waals surface area contributed by atoms with Crippen LogP contribution in [0, 0.1) is 0 Å². The van der Waals surface area contributed by atoms with E-state index in [2.05, 4.69) is 11.8 Å². The smallest absolute Gasteiger partial charge is 0.303 e. The zero-order valence-corrected chi connectivity index (χ0v) is 15.7. The molecule has 0 aliphatic carbocycles. The van der Waals surface area contributed by atoms with Crippen LogP contribution in [-0.2, 0) is 9.59 Å². The Hall–Kier alpha value is -1.07. The van der Waals surface area contributed by atoms with Crippen molar-refractivity contribution in [2.45, 2.75) is 58.3 Å². The van der Waals surface area contributed by atoms with Gasteiger partial charge in [0.25, 0.3) is 0 Å². The van der Waals surface area contributed by atoms with Gasteiger partial charge in [0, 0.05) is 32.6 Å². The molecule has 0 aromatic carbocycles. The van der Waals surface area contributed by atoms with Gasteiger partial charge in [-0.05, 0) is 31.9 Å². The molecule has 1 saturated heterocycles. The molecule has 1 rings (SSSR count). The minimum Gasteiger partial charge on any atom is -0.481 e. The van der Waals surface area contributed by atoms with E-state index in [0.717, 1.165) is 39.1 Å². The summed E-state index contributed by atoms with van der Waals surface area (Å²) in [4.78, 5) is 26.7. The fourth-order valence-electron chi connectivity index (χ4n) is 2.80. The number of allylic oxidation sites excluding steroid dienone is 1. The predicted molar refractivity (Wildman–Crippen MR) is 99.7 cm³/mol. The number of carboxylic acids is 1. The summed E-state index contributed by atoms with van der Waals surface area (Å²) in [7, 11) is 0. The summed E-state index contributed by atoms with van der Waals surface area (Å²) in [5.41, 5.74) is 0. The van der Waals surface area contributed by atoms with Crippen LogP contribution < -0.4 is 0 Å². The Labute approximate surface area is 152 Å². The molecule has 1 fully saturated rings. The molecule has 0 bridgehead atoms. The standard InChI is InChI=1S/C18H32N2O3.ClH/c1-2-3-4-5-6-7-8-10-17(21)20-15-13-19(14-16-20)12-9-11-18(22)23;/h8,10H,2-7,9,11-16H2,1H3,(H,22,23);1H/b10-8+;. The average molecular weight is 361 g/mol. The van der Waals surface area contributed by atoms with Crippen LogP contribution >= 0.6 is 12.4 Å². The lowest BCUT2D eigenvalue weighted by Crippen LogP contribution is -2.48. The van der Waals surface area contributed by atoms with E-state index in [4.69, 9.17) is 5.11 Å². The molecule has 0 aromatic rings. The number of carboxylic acid groups (broad SMARTS) is 1. The summed E-state index contributed by atoms with van der Waals surface area (Å²) in [6.45, 7) is 6.19. The number of unbranched alkanes of at least 4 members (excludes halogenated alkanes) is 5. The van der Waals surface area contributed by atoms with Crippen molar-refractivity contribution in [3.63, 3.8) is 0 Å². The van der Waals surface area contributed by atoms with E-state index in [1.54, 1.807) is 6.08 Å². The predicted octanol–water partition coefficient (Wildman–Crippen LogP) is 3.33. The molecule has 1 heterocycles. The van der Waals surface area contributed by atoms with Crippen molar-refractivity contribution in [3.05, 3.63) is 12.2 Å². The summed E-state index contributed by atoms with van der Waals surface area (Å²) in [5.74, 6) is -0.623. The number of piperazine rings is 1. The number of hydrogen-bond acceptors (Lipinski definition) is 3. The van der Waals surface area contributed by atoms with Gasteiger partial charge in [0.15, 0.2) is 0 Å². The van der Waals surface area contributed by atoms with Gasteiger partial charge in [-0.2, -0.15) is 0 Å². The molecule has 1 aliphatic heterocycles. The third-order valence-electron chi connectivity index (χ3n) is 4.28. The van der Waals surface area contributed by atoms with Crippen LogP contribution in [-0.4, -0.2) is 59.5 Å². The van der Waals surface area contributed by atoms with Crippen molar-refractivity contribution in [2.24, 2.45) is 0 Å². The Bertz CT molecular complexity index is 380. The van der Waals surface area contributed by atoms with Crippen LogP contribution in [0.1, 0.15) is 58.3 Å². The first-order valence-electron chi connectivity index (χ1n) is 9.03. The van der Waals surface area contributed by atoms with Crippen LogP contribution in [0.2, 0.25) is 0 Å². The second kappa shape index (κ2) is 14.3. The normalized spacial score (nSPS) is 15.5. The number of amides is 1. The molecule has 0 saturated carbocycles. The molecule has 5 nitrogen and oxygen atoms in total. The van der Waals surface area contributed by atoms with Gasteiger partial charge in [0.2, 0.25) is 5.91 Å². The largest absolute Gasteiger partial charge is 0.481 e. The molecule has 0 spiro atoms. The number of carbonyl (C=O) groups is 2. The monoisotopic (exact) mass is 360 g/mol. The Morgan fingerprint density at radius 1 is 1.00 bits per heavy atom. The van der Waals surface area contributed by atoms with E-state index < -0.39 is 5.97 Å². The number of aliphatic carboxylic acids is 1. The van der Waals surface area contributed by atoms with Gasteiger partial charge < -0.3 is 10.0 Å². The summed E-state index contributed by atoms with van der Waals surface area (Å²) >= 11 is 0. The summed E-state index contributed by atoms with van der Waals surface area (Å²) in [6.07, 6.45) is 11.9. The molecular weight excluding hydrogens is 328 g/mol. The maximum atomic E-state index is 12.1. The fraction of sp³-hybridized carbons (Fsp3) is 0.778. The van der Waals surface area contributed by atoms with E-state index >= 15 is 0 Å². The molecule has 1 amide bonds. The van der Waals surface area contributed by atoms with Gasteiger partial charge in [-0.25, -0.2) is 0 Å². The van der Waals surface area contributed by atoms with E-state index in [9.17, 15) is 9.59 Å². The van der Waals surface area contributed by atoms with Crippen LogP contribution in [0.25, 0.3) is 0 Å². The fourth-order valence-corrected chi connectivity index (χ4v) is 2.80. The molecule has 140 valence electrons. The van der Waals surface area contributed by atoms with Crippen molar-refractivity contribution in [3.8, 4) is 0 Å². The zero-order valence-electron chi connectivity index (χ0n) is 14.9. The number of rotatable bonds is 11. The third kappa shape index (κ3) is 10.7. The third-order valence-corrected chi connectivity index (χ3v) is 4.28. The second-order valence-electron chi connectivity index (χ2n) is 6.27. The molecule has 0 atom stereocenters. The van der Waals surface area contributed by atoms with Gasteiger partial charge in [-0.3, -0.25) is 14.5 Å². The van der Waals surface area contributed by atoms with Crippen molar-refractivity contribution in [1.82, 2.24) is 9.80 Å². The average Bonchev–Trinajstić information content (AvgIpc) is 2.54. The van der Waals surface area contributed by atoms with Gasteiger partial charge in [-0.1, -0.05) is 38.7 Å². The van der Waals surface area contributed by atoms with E-state index in [0.29, 0.717) is 6.42 Å². The number of halogens is 1. The molecule has 6 heteroatoms. The Kier molecular flexibility index (Phi) is 13.7. The summed E-state index contributed by atoms with van der Waals surface area (Å²) in [5, 5.41) is 8.64. The quantitative estimate of drug-likeness (QED) is 0.453. The Balaban J connectivity index is 0.00000529. The van der Waals surface area contributed by atoms with Crippen molar-refractivity contribution < 1.29 is 14.7 Å². The summed E-state index contributed by atoms with van der Waals surface area (Å²) in [6, 6.07) is 0. The lowest BCUT2D eigenvalue weighted by atomic mass is 10.1. The first kappa shape index (κ1) is 22.9. The maximum Gasteiger partial charge on any atom is 0.303 e. The molecule has 1 N–H and O–H groups in total. The zero-order chi connectivity index (χ0) is 16.9.